The Kier molecular flexibility index (Phi) is 4.95. The third kappa shape index (κ3) is 3.78. The molecule has 0 aliphatic heterocycles. The van der Waals surface area contributed by atoms with Crippen molar-refractivity contribution in [1.82, 2.24) is 9.71 Å². The van der Waals surface area contributed by atoms with Crippen LogP contribution in [0.4, 0.5) is 0 Å². The number of halogens is 1. The first-order valence-electron chi connectivity index (χ1n) is 5.79. The van der Waals surface area contributed by atoms with Gasteiger partial charge in [0, 0.05) is 17.0 Å². The first kappa shape index (κ1) is 16.3. The Morgan fingerprint density at radius 2 is 2.24 bits per heavy atom. The maximum absolute atomic E-state index is 12.3. The van der Waals surface area contributed by atoms with E-state index in [9.17, 15) is 8.42 Å². The SMILES string of the molecule is Cc1ncsc1CNS(=O)(=O)c1ccc(C(N)=S)cc1Cl. The average Bonchev–Trinajstić information content (AvgIpc) is 2.81. The van der Waals surface area contributed by atoms with Crippen molar-refractivity contribution >= 4 is 50.2 Å². The minimum atomic E-state index is -3.71. The number of thiocarbonyl (C=S) groups is 1. The summed E-state index contributed by atoms with van der Waals surface area (Å²) in [7, 11) is -3.71. The Labute approximate surface area is 137 Å². The molecule has 1 heterocycles. The van der Waals surface area contributed by atoms with Crippen LogP contribution in [0.3, 0.4) is 0 Å². The molecule has 3 N–H and O–H groups in total. The Hall–Kier alpha value is -1.06. The number of sulfonamides is 1. The van der Waals surface area contributed by atoms with Crippen LogP contribution in [0.5, 0.6) is 0 Å². The minimum Gasteiger partial charge on any atom is -0.389 e. The van der Waals surface area contributed by atoms with Crippen LogP contribution in [0.2, 0.25) is 5.02 Å². The van der Waals surface area contributed by atoms with Gasteiger partial charge in [-0.2, -0.15) is 0 Å². The van der Waals surface area contributed by atoms with Crippen molar-refractivity contribution in [3.05, 3.63) is 44.9 Å². The highest BCUT2D eigenvalue weighted by molar-refractivity contribution is 7.89. The van der Waals surface area contributed by atoms with Gasteiger partial charge in [-0.05, 0) is 19.1 Å². The second-order valence-electron chi connectivity index (χ2n) is 4.19. The zero-order valence-electron chi connectivity index (χ0n) is 11.0. The number of rotatable bonds is 5. The molecule has 0 spiro atoms. The Morgan fingerprint density at radius 1 is 1.52 bits per heavy atom. The van der Waals surface area contributed by atoms with Gasteiger partial charge in [-0.1, -0.05) is 29.9 Å². The topological polar surface area (TPSA) is 85.1 Å². The molecule has 2 rings (SSSR count). The number of aromatic nitrogens is 1. The van der Waals surface area contributed by atoms with E-state index in [1.807, 2.05) is 6.92 Å². The van der Waals surface area contributed by atoms with Crippen LogP contribution in [0.25, 0.3) is 0 Å². The van der Waals surface area contributed by atoms with E-state index in [0.717, 1.165) is 10.6 Å². The lowest BCUT2D eigenvalue weighted by molar-refractivity contribution is 0.581. The molecule has 0 fully saturated rings. The van der Waals surface area contributed by atoms with E-state index in [4.69, 9.17) is 29.6 Å². The van der Waals surface area contributed by atoms with E-state index in [0.29, 0.717) is 5.56 Å². The van der Waals surface area contributed by atoms with Gasteiger partial charge in [-0.3, -0.25) is 0 Å². The number of thiazole rings is 1. The van der Waals surface area contributed by atoms with Crippen molar-refractivity contribution in [1.29, 1.82) is 0 Å². The smallest absolute Gasteiger partial charge is 0.242 e. The molecule has 5 nitrogen and oxygen atoms in total. The second-order valence-corrected chi connectivity index (χ2v) is 7.72. The third-order valence-electron chi connectivity index (χ3n) is 2.77. The summed E-state index contributed by atoms with van der Waals surface area (Å²) in [5, 5.41) is 0.0776. The number of benzene rings is 1. The highest BCUT2D eigenvalue weighted by Gasteiger charge is 2.19. The molecule has 0 bridgehead atoms. The van der Waals surface area contributed by atoms with Crippen molar-refractivity contribution in [2.24, 2.45) is 5.73 Å². The first-order chi connectivity index (χ1) is 9.81. The molecule has 0 unspecified atom stereocenters. The van der Waals surface area contributed by atoms with Crippen LogP contribution in [-0.4, -0.2) is 18.4 Å². The lowest BCUT2D eigenvalue weighted by Crippen LogP contribution is -2.23. The normalized spacial score (nSPS) is 11.5. The Bertz CT molecular complexity index is 787. The fourth-order valence-corrected chi connectivity index (χ4v) is 4.08. The van der Waals surface area contributed by atoms with Gasteiger partial charge in [-0.25, -0.2) is 18.1 Å². The molecule has 0 atom stereocenters. The number of nitrogens with two attached hydrogens (primary N) is 1. The summed E-state index contributed by atoms with van der Waals surface area (Å²) >= 11 is 12.2. The summed E-state index contributed by atoms with van der Waals surface area (Å²) in [6.45, 7) is 2.00. The van der Waals surface area contributed by atoms with E-state index in [2.05, 4.69) is 9.71 Å². The van der Waals surface area contributed by atoms with Crippen LogP contribution in [-0.2, 0) is 16.6 Å². The standard InChI is InChI=1S/C12H12ClN3O2S3/c1-7-10(20-6-15-7)5-16-21(17,18)11-3-2-8(12(14)19)4-9(11)13/h2-4,6,16H,5H2,1H3,(H2,14,19). The zero-order chi connectivity index (χ0) is 15.6. The number of nitrogens with one attached hydrogen (secondary N) is 1. The first-order valence-corrected chi connectivity index (χ1v) is 8.94. The molecule has 0 saturated carbocycles. The van der Waals surface area contributed by atoms with Crippen LogP contribution in [0.1, 0.15) is 16.1 Å². The molecule has 1 aromatic heterocycles. The van der Waals surface area contributed by atoms with E-state index in [-0.39, 0.29) is 21.5 Å². The lowest BCUT2D eigenvalue weighted by atomic mass is 10.2. The van der Waals surface area contributed by atoms with E-state index >= 15 is 0 Å². The summed E-state index contributed by atoms with van der Waals surface area (Å²) in [4.78, 5) is 5.08. The quantitative estimate of drug-likeness (QED) is 0.797. The van der Waals surface area contributed by atoms with Gasteiger partial charge in [0.15, 0.2) is 0 Å². The van der Waals surface area contributed by atoms with E-state index in [1.54, 1.807) is 5.51 Å². The van der Waals surface area contributed by atoms with Crippen molar-refractivity contribution in [3.63, 3.8) is 0 Å². The number of hydrogen-bond acceptors (Lipinski definition) is 5. The molecular weight excluding hydrogens is 350 g/mol. The zero-order valence-corrected chi connectivity index (χ0v) is 14.2. The van der Waals surface area contributed by atoms with Gasteiger partial charge < -0.3 is 5.73 Å². The second kappa shape index (κ2) is 6.37. The predicted molar refractivity (Wildman–Crippen MR) is 88.2 cm³/mol. The van der Waals surface area contributed by atoms with Gasteiger partial charge in [0.05, 0.1) is 16.2 Å². The van der Waals surface area contributed by atoms with E-state index in [1.165, 1.54) is 29.5 Å². The molecule has 9 heteroatoms. The fourth-order valence-electron chi connectivity index (χ4n) is 1.61. The summed E-state index contributed by atoms with van der Waals surface area (Å²) in [6.07, 6.45) is 0. The van der Waals surface area contributed by atoms with Crippen molar-refractivity contribution in [2.75, 3.05) is 0 Å². The lowest BCUT2D eigenvalue weighted by Gasteiger charge is -2.09. The van der Waals surface area contributed by atoms with Gasteiger partial charge in [0.2, 0.25) is 10.0 Å². The predicted octanol–water partition coefficient (Wildman–Crippen LogP) is 2.22. The fraction of sp³-hybridized carbons (Fsp3) is 0.167. The van der Waals surface area contributed by atoms with Gasteiger partial charge in [0.1, 0.15) is 9.88 Å². The van der Waals surface area contributed by atoms with Gasteiger partial charge in [-0.15, -0.1) is 11.3 Å². The van der Waals surface area contributed by atoms with Crippen molar-refractivity contribution in [2.45, 2.75) is 18.4 Å². The molecule has 1 aromatic carbocycles. The number of nitrogens with zero attached hydrogens (tertiary/aromatic N) is 1. The summed E-state index contributed by atoms with van der Waals surface area (Å²) < 4.78 is 27.0. The van der Waals surface area contributed by atoms with E-state index < -0.39 is 10.0 Å². The molecular formula is C12H12ClN3O2S3. The Morgan fingerprint density at radius 3 is 2.76 bits per heavy atom. The van der Waals surface area contributed by atoms with Crippen molar-refractivity contribution < 1.29 is 8.42 Å². The monoisotopic (exact) mass is 361 g/mol. The maximum Gasteiger partial charge on any atom is 0.242 e. The van der Waals surface area contributed by atoms with Crippen LogP contribution in [0, 0.1) is 6.92 Å². The third-order valence-corrected chi connectivity index (χ3v) is 5.83. The summed E-state index contributed by atoms with van der Waals surface area (Å²) in [5.41, 5.74) is 8.48. The van der Waals surface area contributed by atoms with Crippen LogP contribution >= 0.6 is 35.2 Å². The molecule has 0 saturated heterocycles. The molecule has 0 aliphatic rings. The molecule has 0 amide bonds. The molecule has 2 aromatic rings. The Balaban J connectivity index is 2.23. The molecule has 0 aliphatic carbocycles. The largest absolute Gasteiger partial charge is 0.389 e. The highest BCUT2D eigenvalue weighted by atomic mass is 35.5. The number of aryl methyl sites for hydroxylation is 1. The van der Waals surface area contributed by atoms with Crippen LogP contribution < -0.4 is 10.5 Å². The average molecular weight is 362 g/mol. The summed E-state index contributed by atoms with van der Waals surface area (Å²) in [5.74, 6) is 0. The summed E-state index contributed by atoms with van der Waals surface area (Å²) in [6, 6.07) is 4.36. The highest BCUT2D eigenvalue weighted by Crippen LogP contribution is 2.23. The number of hydrogen-bond donors (Lipinski definition) is 2. The molecule has 112 valence electrons. The molecule has 21 heavy (non-hydrogen) atoms. The van der Waals surface area contributed by atoms with Gasteiger partial charge in [0.25, 0.3) is 0 Å². The van der Waals surface area contributed by atoms with Crippen molar-refractivity contribution in [3.8, 4) is 0 Å². The molecule has 0 radical (unpaired) electrons. The minimum absolute atomic E-state index is 0.00802. The van der Waals surface area contributed by atoms with Gasteiger partial charge >= 0.3 is 0 Å². The van der Waals surface area contributed by atoms with Crippen LogP contribution in [0.15, 0.2) is 28.6 Å². The maximum atomic E-state index is 12.3.